The molecule has 4 rings (SSSR count). The predicted octanol–water partition coefficient (Wildman–Crippen LogP) is 4.25. The van der Waals surface area contributed by atoms with Gasteiger partial charge in [0, 0.05) is 11.6 Å². The van der Waals surface area contributed by atoms with Crippen LogP contribution in [0.25, 0.3) is 0 Å². The number of nitrogens with zero attached hydrogens (tertiary/aromatic N) is 4. The Morgan fingerprint density at radius 2 is 1.87 bits per heavy atom. The van der Waals surface area contributed by atoms with Gasteiger partial charge in [0.1, 0.15) is 34.9 Å². The van der Waals surface area contributed by atoms with Gasteiger partial charge in [-0.25, -0.2) is 14.6 Å². The number of hydrogen-bond donors (Lipinski definition) is 1. The largest absolute Gasteiger partial charge is 0.486 e. The summed E-state index contributed by atoms with van der Waals surface area (Å²) in [5.41, 5.74) is 2.83. The van der Waals surface area contributed by atoms with Crippen LogP contribution in [0.2, 0.25) is 5.02 Å². The van der Waals surface area contributed by atoms with Gasteiger partial charge in [-0.15, -0.1) is 11.3 Å². The van der Waals surface area contributed by atoms with Gasteiger partial charge < -0.3 is 10.1 Å². The third kappa shape index (κ3) is 5.68. The molecule has 0 fully saturated rings. The van der Waals surface area contributed by atoms with E-state index in [0.717, 1.165) is 16.1 Å². The van der Waals surface area contributed by atoms with Crippen LogP contribution < -0.4 is 10.1 Å². The minimum Gasteiger partial charge on any atom is -0.486 e. The molecule has 0 saturated heterocycles. The van der Waals surface area contributed by atoms with E-state index in [-0.39, 0.29) is 5.91 Å². The second kappa shape index (κ2) is 9.72. The van der Waals surface area contributed by atoms with Crippen LogP contribution in [0.4, 0.5) is 0 Å². The number of hydrogen-bond acceptors (Lipinski definition) is 6. The summed E-state index contributed by atoms with van der Waals surface area (Å²) < 4.78 is 7.48. The summed E-state index contributed by atoms with van der Waals surface area (Å²) in [6.07, 6.45) is 3.20. The summed E-state index contributed by atoms with van der Waals surface area (Å²) in [6.45, 7) is 3.23. The van der Waals surface area contributed by atoms with E-state index in [1.165, 1.54) is 17.7 Å². The van der Waals surface area contributed by atoms with Crippen LogP contribution in [0.15, 0.2) is 61.2 Å². The maximum Gasteiger partial charge on any atom is 0.263 e. The third-order valence-corrected chi connectivity index (χ3v) is 5.89. The normalized spacial score (nSPS) is 10.8. The van der Waals surface area contributed by atoms with Gasteiger partial charge in [-0.1, -0.05) is 35.9 Å². The number of carbonyl (C=O) groups is 1. The van der Waals surface area contributed by atoms with E-state index in [1.807, 2.05) is 31.2 Å². The molecule has 2 aromatic heterocycles. The minimum absolute atomic E-state index is 0.139. The lowest BCUT2D eigenvalue weighted by Crippen LogP contribution is -2.22. The summed E-state index contributed by atoms with van der Waals surface area (Å²) >= 11 is 7.22. The summed E-state index contributed by atoms with van der Waals surface area (Å²) in [4.78, 5) is 21.6. The van der Waals surface area contributed by atoms with Crippen LogP contribution in [0.1, 0.15) is 31.5 Å². The van der Waals surface area contributed by atoms with Gasteiger partial charge >= 0.3 is 0 Å². The van der Waals surface area contributed by atoms with Gasteiger partial charge in [0.05, 0.1) is 12.2 Å². The van der Waals surface area contributed by atoms with Crippen molar-refractivity contribution in [1.29, 1.82) is 0 Å². The molecule has 0 spiro atoms. The number of rotatable bonds is 8. The molecule has 0 radical (unpaired) electrons. The maximum atomic E-state index is 12.6. The molecule has 0 aliphatic rings. The molecule has 4 aromatic rings. The predicted molar refractivity (Wildman–Crippen MR) is 119 cm³/mol. The zero-order valence-corrected chi connectivity index (χ0v) is 18.4. The van der Waals surface area contributed by atoms with Gasteiger partial charge in [0.25, 0.3) is 5.91 Å². The molecule has 9 heteroatoms. The molecule has 0 unspecified atom stereocenters. The van der Waals surface area contributed by atoms with E-state index in [2.05, 4.69) is 20.4 Å². The molecule has 158 valence electrons. The number of benzene rings is 2. The third-order valence-electron chi connectivity index (χ3n) is 4.51. The highest BCUT2D eigenvalue weighted by Crippen LogP contribution is 2.21. The number of nitrogens with one attached hydrogen (secondary N) is 1. The lowest BCUT2D eigenvalue weighted by molar-refractivity contribution is 0.0954. The smallest absolute Gasteiger partial charge is 0.263 e. The quantitative estimate of drug-likeness (QED) is 0.431. The summed E-state index contributed by atoms with van der Waals surface area (Å²) in [7, 11) is 0. The van der Waals surface area contributed by atoms with Gasteiger partial charge in [0.2, 0.25) is 0 Å². The summed E-state index contributed by atoms with van der Waals surface area (Å²) in [5.74, 6) is 0.565. The maximum absolute atomic E-state index is 12.6. The first-order chi connectivity index (χ1) is 15.1. The second-order valence-electron chi connectivity index (χ2n) is 6.86. The van der Waals surface area contributed by atoms with Crippen molar-refractivity contribution in [2.75, 3.05) is 0 Å². The average molecular weight is 454 g/mol. The van der Waals surface area contributed by atoms with Crippen LogP contribution >= 0.6 is 22.9 Å². The molecule has 0 bridgehead atoms. The van der Waals surface area contributed by atoms with Crippen LogP contribution in [0, 0.1) is 6.92 Å². The van der Waals surface area contributed by atoms with Crippen LogP contribution in [-0.4, -0.2) is 25.7 Å². The van der Waals surface area contributed by atoms with Gasteiger partial charge in [-0.2, -0.15) is 5.10 Å². The van der Waals surface area contributed by atoms with Crippen molar-refractivity contribution in [3.63, 3.8) is 0 Å². The van der Waals surface area contributed by atoms with Crippen molar-refractivity contribution < 1.29 is 9.53 Å². The number of carbonyl (C=O) groups excluding carboxylic acids is 1. The number of amides is 1. The number of aromatic nitrogens is 4. The molecule has 31 heavy (non-hydrogen) atoms. The molecule has 0 atom stereocenters. The van der Waals surface area contributed by atoms with Crippen LogP contribution in [0.3, 0.4) is 0 Å². The van der Waals surface area contributed by atoms with Gasteiger partial charge in [-0.05, 0) is 42.3 Å². The lowest BCUT2D eigenvalue weighted by atomic mass is 10.1. The zero-order valence-electron chi connectivity index (χ0n) is 16.8. The van der Waals surface area contributed by atoms with Crippen molar-refractivity contribution in [3.05, 3.63) is 92.9 Å². The first-order valence-corrected chi connectivity index (χ1v) is 10.8. The molecule has 2 heterocycles. The fraction of sp³-hybridized carbons (Fsp3) is 0.182. The fourth-order valence-corrected chi connectivity index (χ4v) is 3.95. The molecular weight excluding hydrogens is 434 g/mol. The second-order valence-corrected chi connectivity index (χ2v) is 8.38. The average Bonchev–Trinajstić information content (AvgIpc) is 3.42. The Morgan fingerprint density at radius 3 is 2.58 bits per heavy atom. The molecule has 1 amide bonds. The highest BCUT2D eigenvalue weighted by molar-refractivity contribution is 7.13. The molecule has 0 aliphatic heterocycles. The number of ether oxygens (including phenoxy) is 1. The molecule has 0 aliphatic carbocycles. The van der Waals surface area contributed by atoms with E-state index < -0.39 is 0 Å². The van der Waals surface area contributed by atoms with Crippen LogP contribution in [0.5, 0.6) is 5.75 Å². The van der Waals surface area contributed by atoms with E-state index in [9.17, 15) is 4.79 Å². The fourth-order valence-electron chi connectivity index (χ4n) is 2.93. The number of halogens is 1. The Hall–Kier alpha value is -3.23. The topological polar surface area (TPSA) is 81.9 Å². The van der Waals surface area contributed by atoms with Crippen molar-refractivity contribution in [1.82, 2.24) is 25.1 Å². The van der Waals surface area contributed by atoms with Crippen molar-refractivity contribution in [2.45, 2.75) is 26.6 Å². The minimum atomic E-state index is -0.139. The van der Waals surface area contributed by atoms with Gasteiger partial charge in [0.15, 0.2) is 0 Å². The number of aryl methyl sites for hydroxylation is 1. The highest BCUT2D eigenvalue weighted by Gasteiger charge is 2.15. The Labute approximate surface area is 188 Å². The number of thiazole rings is 1. The van der Waals surface area contributed by atoms with E-state index in [4.69, 9.17) is 16.3 Å². The zero-order chi connectivity index (χ0) is 21.6. The van der Waals surface area contributed by atoms with Crippen molar-refractivity contribution in [3.8, 4) is 5.75 Å². The Kier molecular flexibility index (Phi) is 6.59. The molecule has 1 N–H and O–H groups in total. The van der Waals surface area contributed by atoms with E-state index >= 15 is 0 Å². The lowest BCUT2D eigenvalue weighted by Gasteiger charge is -2.06. The Morgan fingerprint density at radius 1 is 1.13 bits per heavy atom. The standard InChI is InChI=1S/C22H20ClN5O2S/c1-15-21(31-20(27-15)12-30-19-8-6-18(23)7-9-19)22(29)25-10-16-2-4-17(5-3-16)11-28-14-24-13-26-28/h2-9,13-14H,10-12H2,1H3,(H,25,29). The van der Waals surface area contributed by atoms with E-state index in [0.29, 0.717) is 41.0 Å². The summed E-state index contributed by atoms with van der Waals surface area (Å²) in [6, 6.07) is 15.2. The summed E-state index contributed by atoms with van der Waals surface area (Å²) in [5, 5.41) is 8.46. The Balaban J connectivity index is 1.30. The highest BCUT2D eigenvalue weighted by atomic mass is 35.5. The molecular formula is C22H20ClN5O2S. The SMILES string of the molecule is Cc1nc(COc2ccc(Cl)cc2)sc1C(=O)NCc1ccc(Cn2cncn2)cc1. The van der Waals surface area contributed by atoms with Gasteiger partial charge in [-0.3, -0.25) is 4.79 Å². The van der Waals surface area contributed by atoms with Crippen molar-refractivity contribution >= 4 is 28.8 Å². The molecule has 0 saturated carbocycles. The van der Waals surface area contributed by atoms with Crippen LogP contribution in [-0.2, 0) is 19.7 Å². The van der Waals surface area contributed by atoms with E-state index in [1.54, 1.807) is 35.3 Å². The molecule has 7 nitrogen and oxygen atoms in total. The monoisotopic (exact) mass is 453 g/mol. The first-order valence-electron chi connectivity index (χ1n) is 9.60. The molecule has 2 aromatic carbocycles. The van der Waals surface area contributed by atoms with Crippen molar-refractivity contribution in [2.24, 2.45) is 0 Å². The Bertz CT molecular complexity index is 1140. The first kappa shape index (κ1) is 21.0.